The van der Waals surface area contributed by atoms with E-state index in [9.17, 15) is 9.18 Å². The van der Waals surface area contributed by atoms with Gasteiger partial charge in [-0.15, -0.1) is 0 Å². The van der Waals surface area contributed by atoms with Crippen LogP contribution in [-0.4, -0.2) is 15.9 Å². The van der Waals surface area contributed by atoms with E-state index in [0.717, 1.165) is 0 Å². The third-order valence-electron chi connectivity index (χ3n) is 1.99. The number of aromatic nitrogens is 2. The lowest BCUT2D eigenvalue weighted by molar-refractivity contribution is 0.102. The molecule has 2 rings (SSSR count). The summed E-state index contributed by atoms with van der Waals surface area (Å²) in [5.74, 6) is -1.40. The predicted octanol–water partition coefficient (Wildman–Crippen LogP) is 2.52. The minimum atomic E-state index is -0.813. The monoisotopic (exact) mass is 251 g/mol. The van der Waals surface area contributed by atoms with Crippen molar-refractivity contribution in [3.05, 3.63) is 53.3 Å². The molecule has 86 valence electrons. The molecule has 0 aliphatic heterocycles. The number of nitrogens with one attached hydrogen (secondary N) is 1. The van der Waals surface area contributed by atoms with Crippen molar-refractivity contribution in [2.24, 2.45) is 0 Å². The first kappa shape index (κ1) is 11.5. The number of halogens is 2. The zero-order valence-electron chi connectivity index (χ0n) is 8.52. The summed E-state index contributed by atoms with van der Waals surface area (Å²) < 4.78 is 13.2. The maximum Gasteiger partial charge on any atom is 0.260 e. The van der Waals surface area contributed by atoms with Gasteiger partial charge in [0.15, 0.2) is 0 Å². The number of hydrogen-bond donors (Lipinski definition) is 1. The largest absolute Gasteiger partial charge is 0.320 e. The smallest absolute Gasteiger partial charge is 0.260 e. The van der Waals surface area contributed by atoms with E-state index in [1.54, 1.807) is 6.07 Å². The van der Waals surface area contributed by atoms with E-state index in [2.05, 4.69) is 15.3 Å². The number of rotatable bonds is 2. The molecule has 1 N–H and O–H groups in total. The Morgan fingerprint density at radius 3 is 2.76 bits per heavy atom. The van der Waals surface area contributed by atoms with Crippen LogP contribution >= 0.6 is 11.6 Å². The third kappa shape index (κ3) is 2.76. The fraction of sp³-hybridized carbons (Fsp3) is 0. The first-order valence-corrected chi connectivity index (χ1v) is 5.08. The minimum Gasteiger partial charge on any atom is -0.320 e. The number of carbonyl (C=O) groups is 1. The van der Waals surface area contributed by atoms with Crippen LogP contribution < -0.4 is 5.32 Å². The highest BCUT2D eigenvalue weighted by atomic mass is 35.5. The molecule has 0 aliphatic rings. The Kier molecular flexibility index (Phi) is 3.30. The van der Waals surface area contributed by atoms with Gasteiger partial charge in [-0.2, -0.15) is 4.39 Å². The molecule has 6 heteroatoms. The van der Waals surface area contributed by atoms with Crippen molar-refractivity contribution in [1.29, 1.82) is 0 Å². The van der Waals surface area contributed by atoms with Crippen LogP contribution in [-0.2, 0) is 0 Å². The number of carbonyl (C=O) groups excluding carboxylic acids is 1. The normalized spacial score (nSPS) is 10.0. The third-order valence-corrected chi connectivity index (χ3v) is 2.21. The van der Waals surface area contributed by atoms with Crippen LogP contribution in [0.4, 0.5) is 10.1 Å². The SMILES string of the molecule is O=C(Nc1ccc(Cl)nc1)c1cccnc1F. The minimum absolute atomic E-state index is 0.123. The molecule has 0 saturated heterocycles. The van der Waals surface area contributed by atoms with Crippen molar-refractivity contribution in [1.82, 2.24) is 9.97 Å². The van der Waals surface area contributed by atoms with Gasteiger partial charge >= 0.3 is 0 Å². The highest BCUT2D eigenvalue weighted by Gasteiger charge is 2.11. The van der Waals surface area contributed by atoms with Gasteiger partial charge < -0.3 is 5.32 Å². The Balaban J connectivity index is 2.17. The van der Waals surface area contributed by atoms with E-state index in [0.29, 0.717) is 10.8 Å². The molecule has 0 saturated carbocycles. The zero-order chi connectivity index (χ0) is 12.3. The molecule has 0 aliphatic carbocycles. The van der Waals surface area contributed by atoms with Crippen molar-refractivity contribution in [2.45, 2.75) is 0 Å². The number of anilines is 1. The zero-order valence-corrected chi connectivity index (χ0v) is 9.28. The van der Waals surface area contributed by atoms with Gasteiger partial charge in [-0.1, -0.05) is 11.6 Å². The van der Waals surface area contributed by atoms with Gasteiger partial charge in [0.1, 0.15) is 5.15 Å². The van der Waals surface area contributed by atoms with E-state index < -0.39 is 11.9 Å². The summed E-state index contributed by atoms with van der Waals surface area (Å²) in [6.45, 7) is 0. The summed E-state index contributed by atoms with van der Waals surface area (Å²) >= 11 is 5.60. The molecule has 0 radical (unpaired) electrons. The van der Waals surface area contributed by atoms with Crippen molar-refractivity contribution in [2.75, 3.05) is 5.32 Å². The van der Waals surface area contributed by atoms with Crippen molar-refractivity contribution in [3.63, 3.8) is 0 Å². The number of hydrogen-bond acceptors (Lipinski definition) is 3. The summed E-state index contributed by atoms with van der Waals surface area (Å²) in [6.07, 6.45) is 2.66. The molecule has 0 spiro atoms. The fourth-order valence-corrected chi connectivity index (χ4v) is 1.32. The van der Waals surface area contributed by atoms with Crippen molar-refractivity contribution in [3.8, 4) is 0 Å². The molecular weight excluding hydrogens is 245 g/mol. The average molecular weight is 252 g/mol. The molecule has 1 amide bonds. The van der Waals surface area contributed by atoms with Crippen molar-refractivity contribution < 1.29 is 9.18 Å². The van der Waals surface area contributed by atoms with Crippen LogP contribution in [0, 0.1) is 5.95 Å². The van der Waals surface area contributed by atoms with Crippen LogP contribution in [0.3, 0.4) is 0 Å². The molecule has 0 fully saturated rings. The quantitative estimate of drug-likeness (QED) is 0.835. The lowest BCUT2D eigenvalue weighted by Crippen LogP contribution is -2.14. The van der Waals surface area contributed by atoms with Crippen LogP contribution in [0.15, 0.2) is 36.7 Å². The molecule has 4 nitrogen and oxygen atoms in total. The van der Waals surface area contributed by atoms with Gasteiger partial charge in [0, 0.05) is 6.20 Å². The Hall–Kier alpha value is -2.01. The van der Waals surface area contributed by atoms with Gasteiger partial charge in [-0.05, 0) is 24.3 Å². The molecule has 2 aromatic heterocycles. The molecule has 2 aromatic rings. The molecule has 0 aromatic carbocycles. The Bertz CT molecular complexity index is 545. The fourth-order valence-electron chi connectivity index (χ4n) is 1.20. The molecule has 17 heavy (non-hydrogen) atoms. The van der Waals surface area contributed by atoms with Gasteiger partial charge in [0.05, 0.1) is 17.4 Å². The summed E-state index contributed by atoms with van der Waals surface area (Å²) in [7, 11) is 0. The molecule has 2 heterocycles. The molecule has 0 bridgehead atoms. The number of pyridine rings is 2. The maximum atomic E-state index is 13.2. The van der Waals surface area contributed by atoms with Gasteiger partial charge in [-0.25, -0.2) is 9.97 Å². The van der Waals surface area contributed by atoms with Crippen LogP contribution in [0.25, 0.3) is 0 Å². The van der Waals surface area contributed by atoms with Gasteiger partial charge in [0.2, 0.25) is 5.95 Å². The Morgan fingerprint density at radius 2 is 2.12 bits per heavy atom. The van der Waals surface area contributed by atoms with E-state index in [1.807, 2.05) is 0 Å². The Labute approximate surface area is 101 Å². The molecule has 0 atom stereocenters. The molecular formula is C11H7ClFN3O. The summed E-state index contributed by atoms with van der Waals surface area (Å²) in [4.78, 5) is 18.8. The van der Waals surface area contributed by atoms with Crippen LogP contribution in [0.5, 0.6) is 0 Å². The second-order valence-electron chi connectivity index (χ2n) is 3.17. The van der Waals surface area contributed by atoms with Crippen molar-refractivity contribution >= 4 is 23.2 Å². The first-order valence-electron chi connectivity index (χ1n) is 4.70. The summed E-state index contributed by atoms with van der Waals surface area (Å²) in [5.41, 5.74) is 0.310. The second-order valence-corrected chi connectivity index (χ2v) is 3.55. The maximum absolute atomic E-state index is 13.2. The van der Waals surface area contributed by atoms with Crippen LogP contribution in [0.1, 0.15) is 10.4 Å². The van der Waals surface area contributed by atoms with Gasteiger partial charge in [0.25, 0.3) is 5.91 Å². The van der Waals surface area contributed by atoms with Crippen LogP contribution in [0.2, 0.25) is 5.15 Å². The number of amides is 1. The first-order chi connectivity index (χ1) is 8.16. The lowest BCUT2D eigenvalue weighted by Gasteiger charge is -2.04. The molecule has 0 unspecified atom stereocenters. The van der Waals surface area contributed by atoms with E-state index >= 15 is 0 Å². The Morgan fingerprint density at radius 1 is 1.29 bits per heavy atom. The topological polar surface area (TPSA) is 54.9 Å². The lowest BCUT2D eigenvalue weighted by atomic mass is 10.2. The second kappa shape index (κ2) is 4.88. The average Bonchev–Trinajstić information content (AvgIpc) is 2.32. The van der Waals surface area contributed by atoms with E-state index in [4.69, 9.17) is 11.6 Å². The van der Waals surface area contributed by atoms with E-state index in [1.165, 1.54) is 30.6 Å². The highest BCUT2D eigenvalue weighted by Crippen LogP contribution is 2.12. The predicted molar refractivity (Wildman–Crippen MR) is 61.4 cm³/mol. The standard InChI is InChI=1S/C11H7ClFN3O/c12-9-4-3-7(6-15-9)16-11(17)8-2-1-5-14-10(8)13/h1-6H,(H,16,17). The van der Waals surface area contributed by atoms with E-state index in [-0.39, 0.29) is 5.56 Å². The summed E-state index contributed by atoms with van der Waals surface area (Å²) in [6, 6.07) is 5.93. The highest BCUT2D eigenvalue weighted by molar-refractivity contribution is 6.29. The number of nitrogens with zero attached hydrogens (tertiary/aromatic N) is 2. The van der Waals surface area contributed by atoms with Gasteiger partial charge in [-0.3, -0.25) is 4.79 Å². The summed E-state index contributed by atoms with van der Waals surface area (Å²) in [5, 5.41) is 2.80.